The molecule has 1 fully saturated rings. The van der Waals surface area contributed by atoms with E-state index < -0.39 is 71.8 Å². The molecule has 0 unspecified atom stereocenters. The van der Waals surface area contributed by atoms with Gasteiger partial charge in [-0.25, -0.2) is 4.79 Å². The predicted octanol–water partition coefficient (Wildman–Crippen LogP) is 2.19. The van der Waals surface area contributed by atoms with Crippen molar-refractivity contribution in [1.82, 2.24) is 31.9 Å². The van der Waals surface area contributed by atoms with E-state index in [2.05, 4.69) is 31.9 Å². The molecule has 13 nitrogen and oxygen atoms in total. The molecule has 14 heteroatoms. The Bertz CT molecular complexity index is 1500. The largest absolute Gasteiger partial charge is 0.480 e. The van der Waals surface area contributed by atoms with E-state index in [0.717, 1.165) is 17.5 Å². The van der Waals surface area contributed by atoms with Gasteiger partial charge in [-0.1, -0.05) is 88.4 Å². The van der Waals surface area contributed by atoms with Crippen molar-refractivity contribution in [2.75, 3.05) is 18.6 Å². The first-order valence-electron chi connectivity index (χ1n) is 18.3. The van der Waals surface area contributed by atoms with Crippen LogP contribution in [0.2, 0.25) is 0 Å². The number of hydrogen-bond donors (Lipinski definition) is 7. The molecule has 290 valence electrons. The van der Waals surface area contributed by atoms with Crippen LogP contribution in [-0.4, -0.2) is 95.4 Å². The first-order chi connectivity index (χ1) is 25.3. The normalized spacial score (nSPS) is 16.8. The van der Waals surface area contributed by atoms with E-state index in [1.54, 1.807) is 26.0 Å². The van der Waals surface area contributed by atoms with Crippen LogP contribution in [0.3, 0.4) is 0 Å². The number of carboxylic acids is 1. The van der Waals surface area contributed by atoms with Crippen molar-refractivity contribution in [1.29, 1.82) is 0 Å². The second-order valence-electron chi connectivity index (χ2n) is 14.3. The zero-order valence-electron chi connectivity index (χ0n) is 31.4. The molecule has 1 saturated heterocycles. The zero-order valence-corrected chi connectivity index (χ0v) is 32.2. The molecule has 0 saturated carbocycles. The molecule has 0 aromatic heterocycles. The lowest BCUT2D eigenvalue weighted by Crippen LogP contribution is -2.61. The fourth-order valence-corrected chi connectivity index (χ4v) is 6.56. The Morgan fingerprint density at radius 2 is 1.23 bits per heavy atom. The molecule has 53 heavy (non-hydrogen) atoms. The zero-order chi connectivity index (χ0) is 38.9. The summed E-state index contributed by atoms with van der Waals surface area (Å²) in [6.07, 6.45) is 4.08. The number of rotatable bonds is 21. The van der Waals surface area contributed by atoms with E-state index >= 15 is 0 Å². The third-order valence-electron chi connectivity index (χ3n) is 9.02. The van der Waals surface area contributed by atoms with Crippen molar-refractivity contribution in [3.05, 3.63) is 71.8 Å². The van der Waals surface area contributed by atoms with Crippen LogP contribution in [0.25, 0.3) is 0 Å². The van der Waals surface area contributed by atoms with Gasteiger partial charge in [-0.15, -0.1) is 0 Å². The SMILES string of the molecule is CSCC[C@H](NC(=O)[C@@H](CC(C)C)NC(=O)[C@H](Cc1ccccc1)NC(=O)[C@H](NC(=O)[C@H](Cc1ccccc1)NC(=O)[C@H]1CCCN1)C(C)C)C(=O)O. The number of hydrogen-bond acceptors (Lipinski definition) is 8. The minimum Gasteiger partial charge on any atom is -0.480 e. The summed E-state index contributed by atoms with van der Waals surface area (Å²) in [6, 6.07) is 12.5. The van der Waals surface area contributed by atoms with E-state index in [4.69, 9.17) is 0 Å². The van der Waals surface area contributed by atoms with Crippen LogP contribution < -0.4 is 31.9 Å². The summed E-state index contributed by atoms with van der Waals surface area (Å²) in [7, 11) is 0. The highest BCUT2D eigenvalue weighted by molar-refractivity contribution is 7.98. The molecular weight excluding hydrogens is 697 g/mol. The van der Waals surface area contributed by atoms with Crippen LogP contribution in [-0.2, 0) is 41.6 Å². The fourth-order valence-electron chi connectivity index (χ4n) is 6.09. The molecule has 2 aromatic rings. The number of aliphatic carboxylic acids is 1. The second kappa shape index (κ2) is 21.9. The Morgan fingerprint density at radius 3 is 1.72 bits per heavy atom. The molecule has 1 aliphatic rings. The van der Waals surface area contributed by atoms with Gasteiger partial charge in [0.2, 0.25) is 29.5 Å². The quantitative estimate of drug-likeness (QED) is 0.100. The molecule has 0 bridgehead atoms. The number of carbonyl (C=O) groups excluding carboxylic acids is 5. The minimum absolute atomic E-state index is 0.0306. The monoisotopic (exact) mass is 752 g/mol. The molecule has 6 atom stereocenters. The maximum absolute atomic E-state index is 14.0. The van der Waals surface area contributed by atoms with E-state index in [9.17, 15) is 33.9 Å². The topological polar surface area (TPSA) is 195 Å². The van der Waals surface area contributed by atoms with Crippen LogP contribution in [0, 0.1) is 11.8 Å². The van der Waals surface area contributed by atoms with Crippen LogP contribution >= 0.6 is 11.8 Å². The van der Waals surface area contributed by atoms with Crippen molar-refractivity contribution in [2.45, 2.75) is 102 Å². The van der Waals surface area contributed by atoms with Gasteiger partial charge in [0.1, 0.15) is 30.2 Å². The Kier molecular flexibility index (Phi) is 17.8. The predicted molar refractivity (Wildman–Crippen MR) is 206 cm³/mol. The van der Waals surface area contributed by atoms with Crippen LogP contribution in [0.5, 0.6) is 0 Å². The summed E-state index contributed by atoms with van der Waals surface area (Å²) >= 11 is 1.46. The average Bonchev–Trinajstić information content (AvgIpc) is 3.67. The second-order valence-corrected chi connectivity index (χ2v) is 15.2. The smallest absolute Gasteiger partial charge is 0.326 e. The Labute approximate surface area is 317 Å². The number of carboxylic acid groups (broad SMARTS) is 1. The van der Waals surface area contributed by atoms with Crippen LogP contribution in [0.15, 0.2) is 60.7 Å². The number of amides is 5. The summed E-state index contributed by atoms with van der Waals surface area (Å²) in [5.41, 5.74) is 1.58. The fraction of sp³-hybridized carbons (Fsp3) is 0.538. The van der Waals surface area contributed by atoms with Crippen molar-refractivity contribution in [3.8, 4) is 0 Å². The number of benzene rings is 2. The van der Waals surface area contributed by atoms with Crippen molar-refractivity contribution in [2.24, 2.45) is 11.8 Å². The number of carbonyl (C=O) groups is 6. The standard InChI is InChI=1S/C39H56N6O7S/c1-24(2)21-30(35(47)41-29(39(51)52)18-20-53-5)42-36(48)31(22-26-13-8-6-9-14-26)44-38(50)33(25(3)4)45-37(49)32(23-27-15-10-7-11-16-27)43-34(46)28-17-12-19-40-28/h6-11,13-16,24-25,28-33,40H,12,17-23H2,1-5H3,(H,41,47)(H,42,48)(H,43,46)(H,44,50)(H,45,49)(H,51,52)/t28-,29+,30-,31+,32+,33-/m1/s1. The van der Waals surface area contributed by atoms with Gasteiger partial charge in [-0.2, -0.15) is 11.8 Å². The van der Waals surface area contributed by atoms with Gasteiger partial charge in [0, 0.05) is 12.8 Å². The summed E-state index contributed by atoms with van der Waals surface area (Å²) in [5.74, 6) is -3.78. The molecule has 5 amide bonds. The minimum atomic E-state index is -1.17. The van der Waals surface area contributed by atoms with Gasteiger partial charge in [0.25, 0.3) is 0 Å². The third-order valence-corrected chi connectivity index (χ3v) is 9.66. The molecule has 1 heterocycles. The molecule has 7 N–H and O–H groups in total. The maximum Gasteiger partial charge on any atom is 0.326 e. The Balaban J connectivity index is 1.83. The van der Waals surface area contributed by atoms with Crippen molar-refractivity contribution in [3.63, 3.8) is 0 Å². The molecule has 0 spiro atoms. The molecule has 1 aliphatic heterocycles. The molecule has 3 rings (SSSR count). The van der Waals surface area contributed by atoms with E-state index in [1.807, 2.05) is 68.6 Å². The highest BCUT2D eigenvalue weighted by Crippen LogP contribution is 2.13. The Morgan fingerprint density at radius 1 is 0.717 bits per heavy atom. The lowest BCUT2D eigenvalue weighted by Gasteiger charge is -2.29. The molecule has 2 aromatic carbocycles. The third kappa shape index (κ3) is 14.5. The highest BCUT2D eigenvalue weighted by Gasteiger charge is 2.35. The van der Waals surface area contributed by atoms with Crippen molar-refractivity contribution < 1.29 is 33.9 Å². The van der Waals surface area contributed by atoms with Gasteiger partial charge in [0.05, 0.1) is 6.04 Å². The Hall–Kier alpha value is -4.43. The summed E-state index contributed by atoms with van der Waals surface area (Å²) in [5, 5.41) is 26.7. The van der Waals surface area contributed by atoms with Gasteiger partial charge < -0.3 is 37.0 Å². The van der Waals surface area contributed by atoms with E-state index in [0.29, 0.717) is 18.7 Å². The highest BCUT2D eigenvalue weighted by atomic mass is 32.2. The van der Waals surface area contributed by atoms with Crippen LogP contribution in [0.1, 0.15) is 64.5 Å². The molecule has 0 radical (unpaired) electrons. The van der Waals surface area contributed by atoms with Crippen molar-refractivity contribution >= 4 is 47.3 Å². The van der Waals surface area contributed by atoms with Gasteiger partial charge in [-0.3, -0.25) is 24.0 Å². The summed E-state index contributed by atoms with van der Waals surface area (Å²) < 4.78 is 0. The van der Waals surface area contributed by atoms with Gasteiger partial charge >= 0.3 is 5.97 Å². The maximum atomic E-state index is 14.0. The number of nitrogens with one attached hydrogen (secondary N) is 6. The first-order valence-corrected chi connectivity index (χ1v) is 19.7. The molecular formula is C39H56N6O7S. The number of thioether (sulfide) groups is 1. The summed E-state index contributed by atoms with van der Waals surface area (Å²) in [4.78, 5) is 80.2. The van der Waals surface area contributed by atoms with E-state index in [1.165, 1.54) is 11.8 Å². The van der Waals surface area contributed by atoms with Gasteiger partial charge in [0.15, 0.2) is 0 Å². The molecule has 0 aliphatic carbocycles. The first kappa shape index (κ1) is 43.0. The van der Waals surface area contributed by atoms with Gasteiger partial charge in [-0.05, 0) is 67.2 Å². The van der Waals surface area contributed by atoms with Crippen LogP contribution in [0.4, 0.5) is 0 Å². The van der Waals surface area contributed by atoms with E-state index in [-0.39, 0.29) is 37.5 Å². The average molecular weight is 753 g/mol. The lowest BCUT2D eigenvalue weighted by atomic mass is 9.98. The lowest BCUT2D eigenvalue weighted by molar-refractivity contribution is -0.142. The summed E-state index contributed by atoms with van der Waals surface area (Å²) in [6.45, 7) is 8.01.